The lowest BCUT2D eigenvalue weighted by Gasteiger charge is -2.21. The summed E-state index contributed by atoms with van der Waals surface area (Å²) in [4.78, 5) is 29.5. The number of benzene rings is 2. The number of fused-ring (bicyclic) bond motifs is 1. The van der Waals surface area contributed by atoms with Crippen molar-refractivity contribution in [2.75, 3.05) is 30.9 Å². The van der Waals surface area contributed by atoms with Gasteiger partial charge in [0.05, 0.1) is 17.7 Å². The Balaban J connectivity index is 1.48. The average molecular weight is 465 g/mol. The van der Waals surface area contributed by atoms with Crippen LogP contribution < -0.4 is 21.1 Å². The molecule has 0 unspecified atom stereocenters. The van der Waals surface area contributed by atoms with E-state index >= 15 is 0 Å². The highest BCUT2D eigenvalue weighted by molar-refractivity contribution is 5.97. The largest absolute Gasteiger partial charge is 0.380 e. The van der Waals surface area contributed by atoms with E-state index in [4.69, 9.17) is 10.3 Å². The fourth-order valence-electron chi connectivity index (χ4n) is 3.90. The van der Waals surface area contributed by atoms with E-state index in [0.29, 0.717) is 29.6 Å². The van der Waals surface area contributed by atoms with Crippen molar-refractivity contribution in [3.05, 3.63) is 76.5 Å². The van der Waals surface area contributed by atoms with Crippen molar-refractivity contribution in [1.29, 1.82) is 5.53 Å². The average Bonchev–Trinajstić information content (AvgIpc) is 3.34. The molecule has 10 heteroatoms. The van der Waals surface area contributed by atoms with Gasteiger partial charge in [0.25, 0.3) is 5.56 Å². The van der Waals surface area contributed by atoms with Gasteiger partial charge in [0.15, 0.2) is 0 Å². The molecule has 2 aromatic carbocycles. The highest BCUT2D eigenvalue weighted by Gasteiger charge is 2.31. The zero-order valence-corrected chi connectivity index (χ0v) is 18.8. The van der Waals surface area contributed by atoms with Gasteiger partial charge in [-0.25, -0.2) is 9.92 Å². The highest BCUT2D eigenvalue weighted by Crippen LogP contribution is 2.22. The molecule has 2 atom stereocenters. The number of carbonyl (C=O) groups excluding carboxylic acids is 1. The molecular weight excluding hydrogens is 439 g/mol. The number of likely N-dealkylation sites (N-methyl/N-ethyl adjacent to an activating group) is 1. The molecule has 4 rings (SSSR count). The number of anilines is 2. The molecule has 1 aromatic heterocycles. The molecular formula is C24H25FN6O3. The summed E-state index contributed by atoms with van der Waals surface area (Å²) < 4.78 is 18.9. The molecule has 1 saturated heterocycles. The standard InChI is InChI=1S/C24H25FN6O3/c1-31(24(33)21-11-18(34-2)12-28-21)17-6-4-16(5-7-17)27-13-22(30-26)19-10-14-9-15(25)3-8-20(14)29-23(19)32/h3-10,13,18,21,26-28H,11-12H2,1-2H3,(H,29,32)/b22-13-,30-26?/t18-,21-/m0/s1. The first-order valence-corrected chi connectivity index (χ1v) is 10.7. The molecule has 176 valence electrons. The topological polar surface area (TPSA) is 123 Å². The van der Waals surface area contributed by atoms with Crippen LogP contribution in [0.4, 0.5) is 15.8 Å². The van der Waals surface area contributed by atoms with E-state index in [2.05, 4.69) is 20.7 Å². The summed E-state index contributed by atoms with van der Waals surface area (Å²) in [6, 6.07) is 12.4. The van der Waals surface area contributed by atoms with Crippen molar-refractivity contribution < 1.29 is 13.9 Å². The number of carbonyl (C=O) groups is 1. The van der Waals surface area contributed by atoms with Gasteiger partial charge in [-0.15, -0.1) is 0 Å². The van der Waals surface area contributed by atoms with Crippen LogP contribution in [-0.2, 0) is 9.53 Å². The summed E-state index contributed by atoms with van der Waals surface area (Å²) in [5, 5.41) is 10.1. The van der Waals surface area contributed by atoms with Crippen molar-refractivity contribution in [2.24, 2.45) is 5.11 Å². The minimum atomic E-state index is -0.435. The molecule has 0 aliphatic carbocycles. The van der Waals surface area contributed by atoms with E-state index in [1.54, 1.807) is 43.3 Å². The van der Waals surface area contributed by atoms with Gasteiger partial charge in [-0.2, -0.15) is 5.11 Å². The fourth-order valence-corrected chi connectivity index (χ4v) is 3.90. The molecule has 1 amide bonds. The van der Waals surface area contributed by atoms with Gasteiger partial charge in [-0.3, -0.25) is 9.59 Å². The molecule has 1 fully saturated rings. The number of amides is 1. The second-order valence-corrected chi connectivity index (χ2v) is 8.03. The van der Waals surface area contributed by atoms with Crippen LogP contribution in [0.5, 0.6) is 0 Å². The third-order valence-corrected chi connectivity index (χ3v) is 5.89. The van der Waals surface area contributed by atoms with Crippen LogP contribution in [0, 0.1) is 11.3 Å². The lowest BCUT2D eigenvalue weighted by Crippen LogP contribution is -2.41. The molecule has 0 spiro atoms. The quantitative estimate of drug-likeness (QED) is 0.399. The molecule has 2 heterocycles. The van der Waals surface area contributed by atoms with Crippen LogP contribution in [0.15, 0.2) is 64.6 Å². The number of halogens is 1. The molecule has 0 radical (unpaired) electrons. The Morgan fingerprint density at radius 3 is 2.71 bits per heavy atom. The number of aromatic amines is 1. The number of H-pyrrole nitrogens is 1. The maximum Gasteiger partial charge on any atom is 0.258 e. The van der Waals surface area contributed by atoms with E-state index in [-0.39, 0.29) is 29.3 Å². The van der Waals surface area contributed by atoms with Crippen molar-refractivity contribution in [2.45, 2.75) is 18.6 Å². The summed E-state index contributed by atoms with van der Waals surface area (Å²) in [7, 11) is 3.36. The summed E-state index contributed by atoms with van der Waals surface area (Å²) >= 11 is 0. The zero-order chi connectivity index (χ0) is 24.2. The van der Waals surface area contributed by atoms with Crippen LogP contribution in [0.1, 0.15) is 12.0 Å². The van der Waals surface area contributed by atoms with E-state index in [0.717, 1.165) is 5.69 Å². The maximum atomic E-state index is 13.6. The molecule has 9 nitrogen and oxygen atoms in total. The highest BCUT2D eigenvalue weighted by atomic mass is 19.1. The Labute approximate surface area is 195 Å². The normalized spacial score (nSPS) is 18.1. The number of nitrogens with zero attached hydrogens (tertiary/aromatic N) is 2. The number of rotatable bonds is 7. The maximum absolute atomic E-state index is 13.6. The minimum Gasteiger partial charge on any atom is -0.380 e. The van der Waals surface area contributed by atoms with Crippen LogP contribution in [0.25, 0.3) is 16.6 Å². The van der Waals surface area contributed by atoms with Crippen LogP contribution >= 0.6 is 0 Å². The van der Waals surface area contributed by atoms with E-state index in [9.17, 15) is 14.0 Å². The molecule has 0 bridgehead atoms. The first-order chi connectivity index (χ1) is 16.4. The van der Waals surface area contributed by atoms with Gasteiger partial charge in [0.1, 0.15) is 11.5 Å². The number of pyridine rings is 1. The number of hydrogen-bond acceptors (Lipinski definition) is 7. The van der Waals surface area contributed by atoms with Gasteiger partial charge in [-0.1, -0.05) is 0 Å². The lowest BCUT2D eigenvalue weighted by molar-refractivity contribution is -0.120. The van der Waals surface area contributed by atoms with Gasteiger partial charge in [-0.05, 0) is 55.0 Å². The van der Waals surface area contributed by atoms with Crippen molar-refractivity contribution in [3.63, 3.8) is 0 Å². The molecule has 4 N–H and O–H groups in total. The van der Waals surface area contributed by atoms with E-state index in [1.165, 1.54) is 30.5 Å². The number of aromatic nitrogens is 1. The van der Waals surface area contributed by atoms with Crippen molar-refractivity contribution >= 4 is 33.9 Å². The zero-order valence-electron chi connectivity index (χ0n) is 18.8. The number of nitrogens with one attached hydrogen (secondary N) is 4. The van der Waals surface area contributed by atoms with Crippen molar-refractivity contribution in [1.82, 2.24) is 10.3 Å². The van der Waals surface area contributed by atoms with Gasteiger partial charge >= 0.3 is 0 Å². The molecule has 0 saturated carbocycles. The first kappa shape index (κ1) is 23.3. The van der Waals surface area contributed by atoms with Crippen LogP contribution in [0.2, 0.25) is 0 Å². The van der Waals surface area contributed by atoms with Gasteiger partial charge in [0.2, 0.25) is 5.91 Å². The third-order valence-electron chi connectivity index (χ3n) is 5.89. The minimum absolute atomic E-state index is 0.0335. The lowest BCUT2D eigenvalue weighted by atomic mass is 10.1. The Bertz CT molecular complexity index is 1300. The smallest absolute Gasteiger partial charge is 0.258 e. The van der Waals surface area contributed by atoms with E-state index in [1.807, 2.05) is 0 Å². The summed E-state index contributed by atoms with van der Waals surface area (Å²) in [6.45, 7) is 0.647. The fraction of sp³-hybridized carbons (Fsp3) is 0.250. The second kappa shape index (κ2) is 9.94. The van der Waals surface area contributed by atoms with Gasteiger partial charge < -0.3 is 25.3 Å². The monoisotopic (exact) mass is 464 g/mol. The summed E-state index contributed by atoms with van der Waals surface area (Å²) in [6.07, 6.45) is 2.09. The third kappa shape index (κ3) is 4.87. The van der Waals surface area contributed by atoms with Crippen molar-refractivity contribution in [3.8, 4) is 0 Å². The van der Waals surface area contributed by atoms with E-state index < -0.39 is 11.4 Å². The van der Waals surface area contributed by atoms with Crippen LogP contribution in [-0.4, -0.2) is 43.7 Å². The number of methoxy groups -OCH3 is 1. The van der Waals surface area contributed by atoms with Crippen LogP contribution in [0.3, 0.4) is 0 Å². The Kier molecular flexibility index (Phi) is 6.80. The number of hydrogen-bond donors (Lipinski definition) is 4. The van der Waals surface area contributed by atoms with Gasteiger partial charge in [0, 0.05) is 49.2 Å². The predicted octanol–water partition coefficient (Wildman–Crippen LogP) is 3.45. The Morgan fingerprint density at radius 1 is 1.26 bits per heavy atom. The second-order valence-electron chi connectivity index (χ2n) is 8.03. The summed E-state index contributed by atoms with van der Waals surface area (Å²) in [5.41, 5.74) is 9.17. The Hall–Kier alpha value is -3.89. The molecule has 3 aromatic rings. The molecule has 1 aliphatic rings. The Morgan fingerprint density at radius 2 is 2.03 bits per heavy atom. The predicted molar refractivity (Wildman–Crippen MR) is 128 cm³/mol. The first-order valence-electron chi connectivity index (χ1n) is 10.7. The molecule has 34 heavy (non-hydrogen) atoms. The number of ether oxygens (including phenoxy) is 1. The summed E-state index contributed by atoms with van der Waals surface area (Å²) in [5.74, 6) is -0.467. The molecule has 1 aliphatic heterocycles. The SMILES string of the molecule is CO[C@@H]1CN[C@H](C(=O)N(C)c2ccc(N/C=C(\N=N)c3cc4cc(F)ccc4[nH]c3=O)cc2)C1.